The molecule has 1 aliphatic carbocycles. The summed E-state index contributed by atoms with van der Waals surface area (Å²) in [5.41, 5.74) is 1.21. The van der Waals surface area contributed by atoms with Gasteiger partial charge < -0.3 is 5.11 Å². The summed E-state index contributed by atoms with van der Waals surface area (Å²) in [6.45, 7) is 0. The number of hydrogen-bond acceptors (Lipinski definition) is 3. The topological polar surface area (TPSA) is 57.6 Å². The molecule has 1 aromatic carbocycles. The number of rotatable bonds is 1. The Morgan fingerprint density at radius 3 is 2.44 bits per heavy atom. The van der Waals surface area contributed by atoms with E-state index in [2.05, 4.69) is 0 Å². The van der Waals surface area contributed by atoms with Crippen LogP contribution in [0.3, 0.4) is 0 Å². The molecule has 1 aromatic rings. The van der Waals surface area contributed by atoms with E-state index in [-0.39, 0.29) is 0 Å². The van der Waals surface area contributed by atoms with Crippen molar-refractivity contribution in [1.29, 1.82) is 0 Å². The van der Waals surface area contributed by atoms with Gasteiger partial charge in [0.05, 0.1) is 10.6 Å². The van der Waals surface area contributed by atoms with E-state index >= 15 is 0 Å². The van der Waals surface area contributed by atoms with Crippen molar-refractivity contribution < 1.29 is 13.5 Å². The van der Waals surface area contributed by atoms with Crippen LogP contribution in [0.25, 0.3) is 0 Å². The second-order valence-corrected chi connectivity index (χ2v) is 6.50. The predicted molar refractivity (Wildman–Crippen MR) is 69.3 cm³/mol. The van der Waals surface area contributed by atoms with Crippen LogP contribution in [0.5, 0.6) is 0 Å². The van der Waals surface area contributed by atoms with E-state index in [1.54, 1.807) is 24.3 Å². The molecule has 5 heteroatoms. The lowest BCUT2D eigenvalue weighted by molar-refractivity contribution is 0.220. The molecule has 0 spiro atoms. The first-order chi connectivity index (χ1) is 8.62. The van der Waals surface area contributed by atoms with Crippen molar-refractivity contribution in [3.05, 3.63) is 40.8 Å². The molecule has 1 unspecified atom stereocenters. The van der Waals surface area contributed by atoms with Gasteiger partial charge in [0.15, 0.2) is 6.23 Å². The molecule has 0 saturated heterocycles. The minimum Gasteiger partial charge on any atom is -0.369 e. The molecule has 1 N–H and O–H groups in total. The molecule has 4 nitrogen and oxygen atoms in total. The van der Waals surface area contributed by atoms with Crippen molar-refractivity contribution >= 4 is 15.7 Å². The van der Waals surface area contributed by atoms with Crippen LogP contribution >= 0.6 is 0 Å². The number of hydrogen-bond donors (Lipinski definition) is 1. The van der Waals surface area contributed by atoms with Crippen LogP contribution in [-0.4, -0.2) is 19.8 Å². The molecule has 0 aromatic heterocycles. The second kappa shape index (κ2) is 4.10. The maximum atomic E-state index is 12.4. The molecule has 2 aliphatic rings. The van der Waals surface area contributed by atoms with Crippen LogP contribution in [0.15, 0.2) is 40.8 Å². The highest BCUT2D eigenvalue weighted by Gasteiger charge is 2.44. The van der Waals surface area contributed by atoms with Crippen molar-refractivity contribution in [3.8, 4) is 0 Å². The van der Waals surface area contributed by atoms with Gasteiger partial charge in [-0.05, 0) is 43.4 Å². The lowest BCUT2D eigenvalue weighted by Gasteiger charge is -2.22. The van der Waals surface area contributed by atoms with E-state index in [1.165, 1.54) is 0 Å². The lowest BCUT2D eigenvalue weighted by Crippen LogP contribution is -2.35. The van der Waals surface area contributed by atoms with Gasteiger partial charge in [-0.15, -0.1) is 0 Å². The van der Waals surface area contributed by atoms with Crippen LogP contribution in [0, 0.1) is 0 Å². The molecule has 0 saturated carbocycles. The normalized spacial score (nSPS) is 26.3. The van der Waals surface area contributed by atoms with Crippen molar-refractivity contribution in [3.63, 3.8) is 0 Å². The quantitative estimate of drug-likeness (QED) is 0.844. The molecular weight excluding hydrogens is 250 g/mol. The first kappa shape index (κ1) is 11.7. The Morgan fingerprint density at radius 2 is 1.78 bits per heavy atom. The maximum Gasteiger partial charge on any atom is 0.263 e. The third-order valence-electron chi connectivity index (χ3n) is 3.57. The highest BCUT2D eigenvalue weighted by Crippen LogP contribution is 2.42. The number of nitrogens with zero attached hydrogens (tertiary/aromatic N) is 1. The fourth-order valence-corrected chi connectivity index (χ4v) is 4.68. The number of anilines is 1. The van der Waals surface area contributed by atoms with Crippen LogP contribution in [0.2, 0.25) is 0 Å². The number of allylic oxidation sites excluding steroid dienone is 1. The third kappa shape index (κ3) is 1.58. The average molecular weight is 265 g/mol. The molecule has 1 aliphatic heterocycles. The molecule has 18 heavy (non-hydrogen) atoms. The molecular formula is C13H15NO3S. The first-order valence-corrected chi connectivity index (χ1v) is 7.56. The van der Waals surface area contributed by atoms with Gasteiger partial charge in [-0.3, -0.25) is 0 Å². The van der Waals surface area contributed by atoms with Crippen LogP contribution in [0.1, 0.15) is 25.7 Å². The SMILES string of the molecule is O=S1(=O)C2=C(CCCC2)C(O)N1c1ccccc1. The standard InChI is InChI=1S/C13H15NO3S/c15-13-11-8-4-5-9-12(11)18(16,17)14(13)10-6-2-1-3-7-10/h1-3,6-7,13,15H,4-5,8-9H2. The summed E-state index contributed by atoms with van der Waals surface area (Å²) in [6.07, 6.45) is 2.05. The van der Waals surface area contributed by atoms with Gasteiger partial charge in [-0.25, -0.2) is 12.7 Å². The van der Waals surface area contributed by atoms with Crippen LogP contribution < -0.4 is 4.31 Å². The zero-order valence-electron chi connectivity index (χ0n) is 9.91. The van der Waals surface area contributed by atoms with Crippen molar-refractivity contribution in [2.75, 3.05) is 4.31 Å². The Bertz CT molecular complexity index is 592. The van der Waals surface area contributed by atoms with Gasteiger partial charge >= 0.3 is 0 Å². The smallest absolute Gasteiger partial charge is 0.263 e. The number of aliphatic hydroxyl groups is 1. The average Bonchev–Trinajstić information content (AvgIpc) is 2.59. The fraction of sp³-hybridized carbons (Fsp3) is 0.385. The highest BCUT2D eigenvalue weighted by atomic mass is 32.2. The first-order valence-electron chi connectivity index (χ1n) is 6.12. The Morgan fingerprint density at radius 1 is 1.11 bits per heavy atom. The van der Waals surface area contributed by atoms with Gasteiger partial charge in [0, 0.05) is 0 Å². The molecule has 1 heterocycles. The van der Waals surface area contributed by atoms with E-state index < -0.39 is 16.3 Å². The zero-order chi connectivity index (χ0) is 12.8. The van der Waals surface area contributed by atoms with Crippen molar-refractivity contribution in [1.82, 2.24) is 0 Å². The van der Waals surface area contributed by atoms with Gasteiger partial charge in [-0.1, -0.05) is 18.2 Å². The summed E-state index contributed by atoms with van der Waals surface area (Å²) >= 11 is 0. The Balaban J connectivity index is 2.10. The van der Waals surface area contributed by atoms with Gasteiger partial charge in [0.25, 0.3) is 10.0 Å². The summed E-state index contributed by atoms with van der Waals surface area (Å²) in [4.78, 5) is 0.435. The van der Waals surface area contributed by atoms with Crippen molar-refractivity contribution in [2.24, 2.45) is 0 Å². The summed E-state index contributed by atoms with van der Waals surface area (Å²) in [7, 11) is -3.53. The molecule has 0 fully saturated rings. The molecule has 96 valence electrons. The van der Waals surface area contributed by atoms with E-state index in [0.29, 0.717) is 29.0 Å². The Hall–Kier alpha value is -1.33. The largest absolute Gasteiger partial charge is 0.369 e. The molecule has 0 amide bonds. The summed E-state index contributed by atoms with van der Waals surface area (Å²) in [5, 5.41) is 10.3. The number of aliphatic hydroxyl groups excluding tert-OH is 1. The van der Waals surface area contributed by atoms with E-state index in [4.69, 9.17) is 0 Å². The lowest BCUT2D eigenvalue weighted by atomic mass is 9.98. The number of benzene rings is 1. The summed E-state index contributed by atoms with van der Waals surface area (Å²) in [6, 6.07) is 8.79. The Labute approximate surface area is 107 Å². The summed E-state index contributed by atoms with van der Waals surface area (Å²) in [5.74, 6) is 0. The minimum atomic E-state index is -3.53. The van der Waals surface area contributed by atoms with E-state index in [0.717, 1.165) is 17.1 Å². The fourth-order valence-electron chi connectivity index (χ4n) is 2.72. The third-order valence-corrected chi connectivity index (χ3v) is 5.59. The van der Waals surface area contributed by atoms with Gasteiger partial charge in [-0.2, -0.15) is 0 Å². The number of sulfonamides is 1. The van der Waals surface area contributed by atoms with Crippen LogP contribution in [0.4, 0.5) is 5.69 Å². The summed E-state index contributed by atoms with van der Waals surface area (Å²) < 4.78 is 26.0. The zero-order valence-corrected chi connectivity index (χ0v) is 10.7. The number of para-hydroxylation sites is 1. The monoisotopic (exact) mass is 265 g/mol. The minimum absolute atomic E-state index is 0.435. The second-order valence-electron chi connectivity index (χ2n) is 4.67. The van der Waals surface area contributed by atoms with E-state index in [1.807, 2.05) is 6.07 Å². The Kier molecular flexibility index (Phi) is 2.68. The molecule has 3 rings (SSSR count). The van der Waals surface area contributed by atoms with Gasteiger partial charge in [0.2, 0.25) is 0 Å². The predicted octanol–water partition coefficient (Wildman–Crippen LogP) is 1.98. The van der Waals surface area contributed by atoms with Crippen molar-refractivity contribution in [2.45, 2.75) is 31.9 Å². The molecule has 1 atom stereocenters. The van der Waals surface area contributed by atoms with E-state index in [9.17, 15) is 13.5 Å². The molecule has 0 radical (unpaired) electrons. The van der Waals surface area contributed by atoms with Gasteiger partial charge in [0.1, 0.15) is 0 Å². The highest BCUT2D eigenvalue weighted by molar-refractivity contribution is 7.96. The molecule has 0 bridgehead atoms. The maximum absolute atomic E-state index is 12.4. The van der Waals surface area contributed by atoms with Crippen LogP contribution in [-0.2, 0) is 10.0 Å².